The minimum atomic E-state index is -2.56. The van der Waals surface area contributed by atoms with Crippen molar-refractivity contribution in [1.29, 1.82) is 5.26 Å². The van der Waals surface area contributed by atoms with E-state index >= 15 is 0 Å². The van der Waals surface area contributed by atoms with Crippen LogP contribution in [0.4, 0.5) is 14.5 Å². The highest BCUT2D eigenvalue weighted by atomic mass is 79.9. The van der Waals surface area contributed by atoms with Gasteiger partial charge in [-0.2, -0.15) is 5.26 Å². The average molecular weight is 301 g/mol. The summed E-state index contributed by atoms with van der Waals surface area (Å²) < 4.78 is 26.8. The summed E-state index contributed by atoms with van der Waals surface area (Å²) in [4.78, 5) is 1.85. The van der Waals surface area contributed by atoms with Crippen LogP contribution in [0.5, 0.6) is 0 Å². The summed E-state index contributed by atoms with van der Waals surface area (Å²) >= 11 is 3.30. The van der Waals surface area contributed by atoms with Gasteiger partial charge in [-0.05, 0) is 28.1 Å². The highest BCUT2D eigenvalue weighted by Gasteiger charge is 2.34. The SMILES string of the molecule is N#Cc1c(Br)cccc1N1CCC(F)(F)CC1. The average Bonchev–Trinajstić information content (AvgIpc) is 2.29. The molecular formula is C12H11BrF2N2. The van der Waals surface area contributed by atoms with Crippen molar-refractivity contribution < 1.29 is 8.78 Å². The molecule has 0 N–H and O–H groups in total. The summed E-state index contributed by atoms with van der Waals surface area (Å²) in [5.41, 5.74) is 1.25. The summed E-state index contributed by atoms with van der Waals surface area (Å²) in [5, 5.41) is 9.08. The lowest BCUT2D eigenvalue weighted by atomic mass is 10.0. The van der Waals surface area contributed by atoms with E-state index in [1.54, 1.807) is 12.1 Å². The zero-order chi connectivity index (χ0) is 12.5. The Kier molecular flexibility index (Phi) is 3.34. The molecule has 0 aromatic heterocycles. The lowest BCUT2D eigenvalue weighted by Crippen LogP contribution is -2.39. The third-order valence-corrected chi connectivity index (χ3v) is 3.60. The van der Waals surface area contributed by atoms with Crippen LogP contribution in [0.1, 0.15) is 18.4 Å². The standard InChI is InChI=1S/C12H11BrF2N2/c13-10-2-1-3-11(9(10)8-16)17-6-4-12(14,15)5-7-17/h1-3H,4-7H2. The van der Waals surface area contributed by atoms with Crippen LogP contribution in [-0.4, -0.2) is 19.0 Å². The van der Waals surface area contributed by atoms with Gasteiger partial charge in [0.05, 0.1) is 11.3 Å². The molecular weight excluding hydrogens is 290 g/mol. The summed E-state index contributed by atoms with van der Waals surface area (Å²) in [5.74, 6) is -2.56. The molecule has 17 heavy (non-hydrogen) atoms. The van der Waals surface area contributed by atoms with Gasteiger partial charge in [0, 0.05) is 30.4 Å². The molecule has 5 heteroatoms. The van der Waals surface area contributed by atoms with Crippen molar-refractivity contribution in [2.45, 2.75) is 18.8 Å². The molecule has 1 aliphatic heterocycles. The first kappa shape index (κ1) is 12.3. The first-order valence-electron chi connectivity index (χ1n) is 5.35. The number of hydrogen-bond donors (Lipinski definition) is 0. The maximum absolute atomic E-state index is 13.1. The van der Waals surface area contributed by atoms with Gasteiger partial charge in [0.2, 0.25) is 0 Å². The van der Waals surface area contributed by atoms with Crippen molar-refractivity contribution in [3.8, 4) is 6.07 Å². The number of nitriles is 1. The minimum Gasteiger partial charge on any atom is -0.370 e. The summed E-state index contributed by atoms with van der Waals surface area (Å²) in [6, 6.07) is 7.50. The fourth-order valence-electron chi connectivity index (χ4n) is 1.96. The number of benzene rings is 1. The number of piperidine rings is 1. The van der Waals surface area contributed by atoms with E-state index in [0.717, 1.165) is 5.69 Å². The van der Waals surface area contributed by atoms with E-state index in [9.17, 15) is 8.78 Å². The number of halogens is 3. The third kappa shape index (κ3) is 2.58. The van der Waals surface area contributed by atoms with E-state index in [-0.39, 0.29) is 25.9 Å². The van der Waals surface area contributed by atoms with Crippen molar-refractivity contribution in [2.24, 2.45) is 0 Å². The molecule has 90 valence electrons. The molecule has 1 aromatic carbocycles. The fraction of sp³-hybridized carbons (Fsp3) is 0.417. The van der Waals surface area contributed by atoms with Crippen molar-refractivity contribution in [3.63, 3.8) is 0 Å². The first-order chi connectivity index (χ1) is 8.03. The zero-order valence-electron chi connectivity index (χ0n) is 9.09. The van der Waals surface area contributed by atoms with Crippen LogP contribution >= 0.6 is 15.9 Å². The van der Waals surface area contributed by atoms with Crippen molar-refractivity contribution >= 4 is 21.6 Å². The van der Waals surface area contributed by atoms with Crippen molar-refractivity contribution in [2.75, 3.05) is 18.0 Å². The molecule has 1 fully saturated rings. The van der Waals surface area contributed by atoms with E-state index in [0.29, 0.717) is 10.0 Å². The predicted octanol–water partition coefficient (Wildman–Crippen LogP) is 3.56. The van der Waals surface area contributed by atoms with Gasteiger partial charge in [0.25, 0.3) is 5.92 Å². The molecule has 0 spiro atoms. The van der Waals surface area contributed by atoms with Crippen LogP contribution < -0.4 is 4.90 Å². The van der Waals surface area contributed by atoms with E-state index in [1.165, 1.54) is 0 Å². The maximum Gasteiger partial charge on any atom is 0.251 e. The second kappa shape index (κ2) is 4.61. The minimum absolute atomic E-state index is 0.148. The van der Waals surface area contributed by atoms with Gasteiger partial charge in [-0.15, -0.1) is 0 Å². The van der Waals surface area contributed by atoms with Gasteiger partial charge >= 0.3 is 0 Å². The van der Waals surface area contributed by atoms with E-state index in [1.807, 2.05) is 11.0 Å². The number of anilines is 1. The molecule has 1 aliphatic rings. The molecule has 0 aliphatic carbocycles. The monoisotopic (exact) mass is 300 g/mol. The second-order valence-corrected chi connectivity index (χ2v) is 4.94. The van der Waals surface area contributed by atoms with E-state index < -0.39 is 5.92 Å². The lowest BCUT2D eigenvalue weighted by molar-refractivity contribution is -0.0220. The van der Waals surface area contributed by atoms with Crippen LogP contribution in [0.2, 0.25) is 0 Å². The molecule has 0 atom stereocenters. The first-order valence-corrected chi connectivity index (χ1v) is 6.14. The Labute approximate surface area is 107 Å². The van der Waals surface area contributed by atoms with E-state index in [2.05, 4.69) is 22.0 Å². The van der Waals surface area contributed by atoms with Gasteiger partial charge in [0.1, 0.15) is 6.07 Å². The molecule has 2 rings (SSSR count). The molecule has 0 saturated carbocycles. The summed E-state index contributed by atoms with van der Waals surface area (Å²) in [6.07, 6.45) is -0.297. The highest BCUT2D eigenvalue weighted by Crippen LogP contribution is 2.33. The largest absolute Gasteiger partial charge is 0.370 e. The number of hydrogen-bond acceptors (Lipinski definition) is 2. The van der Waals surface area contributed by atoms with Gasteiger partial charge in [0.15, 0.2) is 0 Å². The normalized spacial score (nSPS) is 18.8. The molecule has 0 radical (unpaired) electrons. The molecule has 0 amide bonds. The Bertz CT molecular complexity index is 458. The smallest absolute Gasteiger partial charge is 0.251 e. The van der Waals surface area contributed by atoms with Crippen LogP contribution in [0, 0.1) is 11.3 Å². The Hall–Kier alpha value is -1.15. The Morgan fingerprint density at radius 2 is 1.94 bits per heavy atom. The summed E-state index contributed by atoms with van der Waals surface area (Å²) in [7, 11) is 0. The Morgan fingerprint density at radius 3 is 2.53 bits per heavy atom. The summed E-state index contributed by atoms with van der Waals surface area (Å²) in [6.45, 7) is 0.580. The van der Waals surface area contributed by atoms with Gasteiger partial charge < -0.3 is 4.90 Å². The number of alkyl halides is 2. The molecule has 0 unspecified atom stereocenters. The number of rotatable bonds is 1. The van der Waals surface area contributed by atoms with Crippen molar-refractivity contribution in [1.82, 2.24) is 0 Å². The Morgan fingerprint density at radius 1 is 1.29 bits per heavy atom. The third-order valence-electron chi connectivity index (χ3n) is 2.94. The van der Waals surface area contributed by atoms with E-state index in [4.69, 9.17) is 5.26 Å². The van der Waals surface area contributed by atoms with Crippen LogP contribution in [-0.2, 0) is 0 Å². The Balaban J connectivity index is 2.25. The van der Waals surface area contributed by atoms with Gasteiger partial charge in [-0.1, -0.05) is 6.07 Å². The molecule has 1 aromatic rings. The van der Waals surface area contributed by atoms with Crippen LogP contribution in [0.3, 0.4) is 0 Å². The van der Waals surface area contributed by atoms with Gasteiger partial charge in [-0.25, -0.2) is 8.78 Å². The second-order valence-electron chi connectivity index (χ2n) is 4.09. The zero-order valence-corrected chi connectivity index (χ0v) is 10.7. The van der Waals surface area contributed by atoms with Crippen LogP contribution in [0.15, 0.2) is 22.7 Å². The molecule has 1 saturated heterocycles. The quantitative estimate of drug-likeness (QED) is 0.793. The molecule has 0 bridgehead atoms. The number of nitrogens with zero attached hydrogens (tertiary/aromatic N) is 2. The lowest BCUT2D eigenvalue weighted by Gasteiger charge is -2.33. The topological polar surface area (TPSA) is 27.0 Å². The van der Waals surface area contributed by atoms with Crippen LogP contribution in [0.25, 0.3) is 0 Å². The fourth-order valence-corrected chi connectivity index (χ4v) is 2.41. The maximum atomic E-state index is 13.1. The highest BCUT2D eigenvalue weighted by molar-refractivity contribution is 9.10. The van der Waals surface area contributed by atoms with Gasteiger partial charge in [-0.3, -0.25) is 0 Å². The molecule has 1 heterocycles. The van der Waals surface area contributed by atoms with Crippen molar-refractivity contribution in [3.05, 3.63) is 28.2 Å². The predicted molar refractivity (Wildman–Crippen MR) is 65.3 cm³/mol. The molecule has 2 nitrogen and oxygen atoms in total.